The molecule has 0 saturated heterocycles. The molecule has 1 aromatic rings. The summed E-state index contributed by atoms with van der Waals surface area (Å²) in [4.78, 5) is 4.31. The Labute approximate surface area is 110 Å². The van der Waals surface area contributed by atoms with Crippen molar-refractivity contribution in [3.05, 3.63) is 23.9 Å². The van der Waals surface area contributed by atoms with Crippen LogP contribution in [-0.4, -0.2) is 17.6 Å². The highest BCUT2D eigenvalue weighted by Crippen LogP contribution is 2.21. The maximum atomic E-state index is 5.97. The molecule has 2 rings (SSSR count). The number of anilines is 1. The van der Waals surface area contributed by atoms with Gasteiger partial charge in [-0.15, -0.1) is 0 Å². The molecular weight excluding hydrogens is 224 g/mol. The van der Waals surface area contributed by atoms with Gasteiger partial charge in [-0.1, -0.05) is 26.2 Å². The highest BCUT2D eigenvalue weighted by Gasteiger charge is 2.13. The zero-order valence-corrected chi connectivity index (χ0v) is 11.3. The highest BCUT2D eigenvalue weighted by molar-refractivity contribution is 5.37. The molecule has 0 bridgehead atoms. The molecule has 1 saturated carbocycles. The minimum Gasteiger partial charge on any atom is -0.374 e. The lowest BCUT2D eigenvalue weighted by Crippen LogP contribution is -2.16. The molecule has 0 unspecified atom stereocenters. The number of ether oxygens (including phenoxy) is 1. The largest absolute Gasteiger partial charge is 0.374 e. The molecule has 0 spiro atoms. The third-order valence-corrected chi connectivity index (χ3v) is 3.42. The molecule has 1 fully saturated rings. The van der Waals surface area contributed by atoms with E-state index < -0.39 is 0 Å². The molecule has 0 aliphatic heterocycles. The predicted molar refractivity (Wildman–Crippen MR) is 74.7 cm³/mol. The molecular formula is C15H24N2O. The summed E-state index contributed by atoms with van der Waals surface area (Å²) < 4.78 is 5.97. The van der Waals surface area contributed by atoms with Gasteiger partial charge >= 0.3 is 0 Å². The standard InChI is InChI=1S/C15H24N2O/c1-2-9-16-15-11-13(8-10-17-15)12-18-14-6-4-3-5-7-14/h8,10-11,14H,2-7,9,12H2,1H3,(H,16,17). The predicted octanol–water partition coefficient (Wildman–Crippen LogP) is 3.75. The molecule has 1 aromatic heterocycles. The number of hydrogen-bond donors (Lipinski definition) is 1. The van der Waals surface area contributed by atoms with E-state index in [9.17, 15) is 0 Å². The first-order valence-electron chi connectivity index (χ1n) is 7.19. The van der Waals surface area contributed by atoms with Crippen molar-refractivity contribution < 1.29 is 4.74 Å². The second-order valence-electron chi connectivity index (χ2n) is 5.05. The molecule has 0 aromatic carbocycles. The van der Waals surface area contributed by atoms with Crippen molar-refractivity contribution in [2.75, 3.05) is 11.9 Å². The maximum absolute atomic E-state index is 5.97. The lowest BCUT2D eigenvalue weighted by Gasteiger charge is -2.22. The van der Waals surface area contributed by atoms with Gasteiger partial charge in [0.1, 0.15) is 5.82 Å². The lowest BCUT2D eigenvalue weighted by atomic mass is 9.98. The summed E-state index contributed by atoms with van der Waals surface area (Å²) in [7, 11) is 0. The Hall–Kier alpha value is -1.09. The summed E-state index contributed by atoms with van der Waals surface area (Å²) in [6.45, 7) is 3.84. The number of aromatic nitrogens is 1. The van der Waals surface area contributed by atoms with Crippen molar-refractivity contribution in [3.63, 3.8) is 0 Å². The average Bonchev–Trinajstić information content (AvgIpc) is 2.44. The van der Waals surface area contributed by atoms with Gasteiger partial charge in [-0.25, -0.2) is 4.98 Å². The molecule has 0 atom stereocenters. The van der Waals surface area contributed by atoms with E-state index in [0.717, 1.165) is 18.8 Å². The van der Waals surface area contributed by atoms with Crippen molar-refractivity contribution in [3.8, 4) is 0 Å². The van der Waals surface area contributed by atoms with E-state index in [1.165, 1.54) is 37.7 Å². The third kappa shape index (κ3) is 4.30. The number of nitrogens with one attached hydrogen (secondary N) is 1. The fourth-order valence-electron chi connectivity index (χ4n) is 2.36. The van der Waals surface area contributed by atoms with Crippen LogP contribution in [0.5, 0.6) is 0 Å². The highest BCUT2D eigenvalue weighted by atomic mass is 16.5. The summed E-state index contributed by atoms with van der Waals surface area (Å²) >= 11 is 0. The minimum absolute atomic E-state index is 0.471. The summed E-state index contributed by atoms with van der Waals surface area (Å²) in [5, 5.41) is 3.31. The Balaban J connectivity index is 1.80. The van der Waals surface area contributed by atoms with Crippen LogP contribution in [0.25, 0.3) is 0 Å². The first kappa shape index (κ1) is 13.3. The first-order chi connectivity index (χ1) is 8.88. The van der Waals surface area contributed by atoms with Gasteiger partial charge in [-0.2, -0.15) is 0 Å². The van der Waals surface area contributed by atoms with Crippen molar-refractivity contribution >= 4 is 5.82 Å². The SMILES string of the molecule is CCCNc1cc(COC2CCCCC2)ccn1. The number of nitrogens with zero attached hydrogens (tertiary/aromatic N) is 1. The number of pyridine rings is 1. The van der Waals surface area contributed by atoms with E-state index >= 15 is 0 Å². The molecule has 0 radical (unpaired) electrons. The van der Waals surface area contributed by atoms with Crippen LogP contribution in [-0.2, 0) is 11.3 Å². The normalized spacial score (nSPS) is 16.7. The fourth-order valence-corrected chi connectivity index (χ4v) is 2.36. The second-order valence-corrected chi connectivity index (χ2v) is 5.05. The third-order valence-electron chi connectivity index (χ3n) is 3.42. The van der Waals surface area contributed by atoms with Crippen LogP contribution in [0.15, 0.2) is 18.3 Å². The second kappa shape index (κ2) is 7.37. The molecule has 1 heterocycles. The molecule has 1 aliphatic rings. The van der Waals surface area contributed by atoms with E-state index in [0.29, 0.717) is 12.7 Å². The molecule has 18 heavy (non-hydrogen) atoms. The zero-order valence-electron chi connectivity index (χ0n) is 11.3. The molecule has 3 heteroatoms. The Morgan fingerprint density at radius 2 is 2.17 bits per heavy atom. The van der Waals surface area contributed by atoms with Crippen molar-refractivity contribution in [1.82, 2.24) is 4.98 Å². The molecule has 0 amide bonds. The van der Waals surface area contributed by atoms with Crippen molar-refractivity contribution in [1.29, 1.82) is 0 Å². The van der Waals surface area contributed by atoms with Gasteiger partial charge in [0.2, 0.25) is 0 Å². The van der Waals surface area contributed by atoms with Gasteiger partial charge in [0, 0.05) is 12.7 Å². The smallest absolute Gasteiger partial charge is 0.126 e. The van der Waals surface area contributed by atoms with Crippen LogP contribution in [0, 0.1) is 0 Å². The number of hydrogen-bond acceptors (Lipinski definition) is 3. The van der Waals surface area contributed by atoms with Gasteiger partial charge in [-0.05, 0) is 37.0 Å². The van der Waals surface area contributed by atoms with E-state index in [2.05, 4.69) is 23.3 Å². The molecule has 1 N–H and O–H groups in total. The summed E-state index contributed by atoms with van der Waals surface area (Å²) in [6.07, 6.45) is 9.92. The summed E-state index contributed by atoms with van der Waals surface area (Å²) in [5.74, 6) is 0.960. The van der Waals surface area contributed by atoms with Crippen LogP contribution in [0.1, 0.15) is 51.0 Å². The van der Waals surface area contributed by atoms with Crippen molar-refractivity contribution in [2.24, 2.45) is 0 Å². The number of rotatable bonds is 6. The molecule has 100 valence electrons. The fraction of sp³-hybridized carbons (Fsp3) is 0.667. The first-order valence-corrected chi connectivity index (χ1v) is 7.19. The maximum Gasteiger partial charge on any atom is 0.126 e. The van der Waals surface area contributed by atoms with E-state index in [4.69, 9.17) is 4.74 Å². The lowest BCUT2D eigenvalue weighted by molar-refractivity contribution is 0.0168. The summed E-state index contributed by atoms with van der Waals surface area (Å²) in [6, 6.07) is 4.14. The van der Waals surface area contributed by atoms with Crippen LogP contribution < -0.4 is 5.32 Å². The van der Waals surface area contributed by atoms with Gasteiger partial charge in [0.05, 0.1) is 12.7 Å². The van der Waals surface area contributed by atoms with Crippen LogP contribution in [0.4, 0.5) is 5.82 Å². The van der Waals surface area contributed by atoms with Gasteiger partial charge in [0.15, 0.2) is 0 Å². The Morgan fingerprint density at radius 1 is 1.33 bits per heavy atom. The van der Waals surface area contributed by atoms with E-state index in [-0.39, 0.29) is 0 Å². The zero-order chi connectivity index (χ0) is 12.6. The van der Waals surface area contributed by atoms with Gasteiger partial charge in [-0.3, -0.25) is 0 Å². The van der Waals surface area contributed by atoms with Crippen molar-refractivity contribution in [2.45, 2.75) is 58.2 Å². The van der Waals surface area contributed by atoms with E-state index in [1.807, 2.05) is 12.3 Å². The van der Waals surface area contributed by atoms with Gasteiger partial charge in [0.25, 0.3) is 0 Å². The Kier molecular flexibility index (Phi) is 5.46. The average molecular weight is 248 g/mol. The van der Waals surface area contributed by atoms with Gasteiger partial charge < -0.3 is 10.1 Å². The topological polar surface area (TPSA) is 34.1 Å². The summed E-state index contributed by atoms with van der Waals surface area (Å²) in [5.41, 5.74) is 1.22. The van der Waals surface area contributed by atoms with Crippen LogP contribution in [0.2, 0.25) is 0 Å². The Morgan fingerprint density at radius 3 is 2.94 bits per heavy atom. The monoisotopic (exact) mass is 248 g/mol. The quantitative estimate of drug-likeness (QED) is 0.832. The van der Waals surface area contributed by atoms with E-state index in [1.54, 1.807) is 0 Å². The molecule has 1 aliphatic carbocycles. The minimum atomic E-state index is 0.471. The Bertz CT molecular complexity index is 348. The van der Waals surface area contributed by atoms with Crippen LogP contribution in [0.3, 0.4) is 0 Å². The molecule has 3 nitrogen and oxygen atoms in total. The van der Waals surface area contributed by atoms with Crippen LogP contribution >= 0.6 is 0 Å².